The van der Waals surface area contributed by atoms with Gasteiger partial charge in [-0.2, -0.15) is 10.1 Å². The fraction of sp³-hybridized carbons (Fsp3) is 0.0833. The molecule has 3 rings (SSSR count). The molecule has 0 bridgehead atoms. The zero-order valence-electron chi connectivity index (χ0n) is 10.3. The molecule has 0 saturated carbocycles. The van der Waals surface area contributed by atoms with Crippen molar-refractivity contribution < 1.29 is 8.91 Å². The van der Waals surface area contributed by atoms with Crippen molar-refractivity contribution in [1.29, 1.82) is 0 Å². The first-order chi connectivity index (χ1) is 9.56. The van der Waals surface area contributed by atoms with Gasteiger partial charge in [0.1, 0.15) is 17.2 Å². The van der Waals surface area contributed by atoms with E-state index in [0.29, 0.717) is 21.4 Å². The summed E-state index contributed by atoms with van der Waals surface area (Å²) < 4.78 is 20.6. The van der Waals surface area contributed by atoms with Crippen molar-refractivity contribution >= 4 is 21.7 Å². The molecule has 0 amide bonds. The molecule has 3 aromatic rings. The summed E-state index contributed by atoms with van der Waals surface area (Å²) in [7, 11) is 1.71. The van der Waals surface area contributed by atoms with Gasteiger partial charge in [-0.15, -0.1) is 0 Å². The predicted octanol–water partition coefficient (Wildman–Crippen LogP) is 2.62. The van der Waals surface area contributed by atoms with Gasteiger partial charge in [0.2, 0.25) is 5.82 Å². The van der Waals surface area contributed by atoms with Crippen LogP contribution in [0.3, 0.4) is 0 Å². The van der Waals surface area contributed by atoms with Gasteiger partial charge in [0.15, 0.2) is 0 Å². The average Bonchev–Trinajstić information content (AvgIpc) is 3.01. The molecule has 0 radical (unpaired) electrons. The fourth-order valence-electron chi connectivity index (χ4n) is 1.72. The molecule has 2 heterocycles. The van der Waals surface area contributed by atoms with Crippen LogP contribution in [0.5, 0.6) is 0 Å². The van der Waals surface area contributed by atoms with Crippen molar-refractivity contribution in [3.63, 3.8) is 0 Å². The van der Waals surface area contributed by atoms with E-state index in [2.05, 4.69) is 31.2 Å². The van der Waals surface area contributed by atoms with Crippen LogP contribution in [0.1, 0.15) is 0 Å². The smallest absolute Gasteiger partial charge is 0.263 e. The molecule has 8 heteroatoms. The van der Waals surface area contributed by atoms with E-state index in [9.17, 15) is 4.39 Å². The molecule has 2 N–H and O–H groups in total. The number of hydrogen-bond acceptors (Lipinski definition) is 5. The van der Waals surface area contributed by atoms with Crippen molar-refractivity contribution in [3.8, 4) is 22.8 Å². The fourth-order valence-corrected chi connectivity index (χ4v) is 2.15. The number of nitrogens with zero attached hydrogens (tertiary/aromatic N) is 4. The summed E-state index contributed by atoms with van der Waals surface area (Å²) in [5.74, 6) is 0.547. The summed E-state index contributed by atoms with van der Waals surface area (Å²) in [6.45, 7) is 0. The molecule has 6 nitrogen and oxygen atoms in total. The molecule has 0 aliphatic carbocycles. The van der Waals surface area contributed by atoms with E-state index >= 15 is 0 Å². The third-order valence-corrected chi connectivity index (χ3v) is 3.50. The number of aromatic nitrogens is 4. The van der Waals surface area contributed by atoms with Crippen LogP contribution in [0.25, 0.3) is 22.8 Å². The second-order valence-corrected chi connectivity index (χ2v) is 4.97. The second-order valence-electron chi connectivity index (χ2n) is 4.11. The Labute approximate surface area is 121 Å². The molecule has 102 valence electrons. The van der Waals surface area contributed by atoms with Gasteiger partial charge >= 0.3 is 0 Å². The summed E-state index contributed by atoms with van der Waals surface area (Å²) >= 11 is 3.32. The standard InChI is InChI=1S/C12H9BrFN5O/c1-19-10(15)8(5-16-19)12-17-11(18-20-12)7-4-6(14)2-3-9(7)13/h2-5H,15H2,1H3. The van der Waals surface area contributed by atoms with Gasteiger partial charge in [0.05, 0.1) is 6.20 Å². The quantitative estimate of drug-likeness (QED) is 0.777. The average molecular weight is 338 g/mol. The molecule has 0 fully saturated rings. The highest BCUT2D eigenvalue weighted by molar-refractivity contribution is 9.10. The zero-order valence-corrected chi connectivity index (χ0v) is 11.9. The van der Waals surface area contributed by atoms with E-state index in [-0.39, 0.29) is 17.5 Å². The first-order valence-corrected chi connectivity index (χ1v) is 6.42. The number of rotatable bonds is 2. The number of halogens is 2. The van der Waals surface area contributed by atoms with Crippen molar-refractivity contribution in [2.45, 2.75) is 0 Å². The van der Waals surface area contributed by atoms with Gasteiger partial charge in [-0.05, 0) is 18.2 Å². The van der Waals surface area contributed by atoms with Crippen LogP contribution < -0.4 is 5.73 Å². The van der Waals surface area contributed by atoms with Gasteiger partial charge in [0, 0.05) is 17.1 Å². The van der Waals surface area contributed by atoms with Crippen molar-refractivity contribution in [1.82, 2.24) is 19.9 Å². The SMILES string of the molecule is Cn1ncc(-c2nc(-c3cc(F)ccc3Br)no2)c1N. The van der Waals surface area contributed by atoms with Crippen LogP contribution in [-0.4, -0.2) is 19.9 Å². The number of nitrogen functional groups attached to an aromatic ring is 1. The Morgan fingerprint density at radius 2 is 2.15 bits per heavy atom. The van der Waals surface area contributed by atoms with Crippen molar-refractivity contribution in [3.05, 3.63) is 34.7 Å². The minimum Gasteiger partial charge on any atom is -0.383 e. The molecule has 2 aromatic heterocycles. The van der Waals surface area contributed by atoms with E-state index in [4.69, 9.17) is 10.3 Å². The molecule has 0 spiro atoms. The van der Waals surface area contributed by atoms with Crippen LogP contribution in [0.15, 0.2) is 33.4 Å². The number of hydrogen-bond donors (Lipinski definition) is 1. The van der Waals surface area contributed by atoms with Crippen LogP contribution in [0.2, 0.25) is 0 Å². The molecule has 0 saturated heterocycles. The summed E-state index contributed by atoms with van der Waals surface area (Å²) in [6, 6.07) is 4.25. The topological polar surface area (TPSA) is 82.8 Å². The second kappa shape index (κ2) is 4.71. The summed E-state index contributed by atoms with van der Waals surface area (Å²) in [6.07, 6.45) is 1.53. The lowest BCUT2D eigenvalue weighted by molar-refractivity contribution is 0.432. The van der Waals surface area contributed by atoms with E-state index < -0.39 is 0 Å². The number of anilines is 1. The van der Waals surface area contributed by atoms with Crippen LogP contribution in [0.4, 0.5) is 10.2 Å². The molecular formula is C12H9BrFN5O. The maximum atomic E-state index is 13.3. The number of aryl methyl sites for hydroxylation is 1. The Hall–Kier alpha value is -2.22. The van der Waals surface area contributed by atoms with Crippen molar-refractivity contribution in [2.75, 3.05) is 5.73 Å². The van der Waals surface area contributed by atoms with Gasteiger partial charge < -0.3 is 10.3 Å². The Morgan fingerprint density at radius 3 is 2.85 bits per heavy atom. The third kappa shape index (κ3) is 2.07. The van der Waals surface area contributed by atoms with E-state index in [0.717, 1.165) is 0 Å². The Morgan fingerprint density at radius 1 is 1.35 bits per heavy atom. The lowest BCUT2D eigenvalue weighted by Gasteiger charge is -1.98. The van der Waals surface area contributed by atoms with Gasteiger partial charge in [-0.3, -0.25) is 4.68 Å². The van der Waals surface area contributed by atoms with Gasteiger partial charge in [-0.25, -0.2) is 4.39 Å². The number of benzene rings is 1. The summed E-state index contributed by atoms with van der Waals surface area (Å²) in [5.41, 5.74) is 6.88. The van der Waals surface area contributed by atoms with Gasteiger partial charge in [-0.1, -0.05) is 21.1 Å². The summed E-state index contributed by atoms with van der Waals surface area (Å²) in [5, 5.41) is 7.84. The highest BCUT2D eigenvalue weighted by Gasteiger charge is 2.17. The molecule has 0 aliphatic heterocycles. The first-order valence-electron chi connectivity index (χ1n) is 5.63. The first kappa shape index (κ1) is 12.8. The molecular weight excluding hydrogens is 329 g/mol. The lowest BCUT2D eigenvalue weighted by Crippen LogP contribution is -1.98. The van der Waals surface area contributed by atoms with Crippen LogP contribution >= 0.6 is 15.9 Å². The zero-order chi connectivity index (χ0) is 14.3. The Kier molecular flexibility index (Phi) is 3.01. The highest BCUT2D eigenvalue weighted by Crippen LogP contribution is 2.30. The van der Waals surface area contributed by atoms with E-state index in [1.807, 2.05) is 0 Å². The van der Waals surface area contributed by atoms with Crippen LogP contribution in [-0.2, 0) is 7.05 Å². The number of nitrogens with two attached hydrogens (primary N) is 1. The predicted molar refractivity (Wildman–Crippen MR) is 74.0 cm³/mol. The largest absolute Gasteiger partial charge is 0.383 e. The van der Waals surface area contributed by atoms with E-state index in [1.54, 1.807) is 13.1 Å². The normalized spacial score (nSPS) is 10.9. The Balaban J connectivity index is 2.06. The van der Waals surface area contributed by atoms with Crippen molar-refractivity contribution in [2.24, 2.45) is 7.05 Å². The van der Waals surface area contributed by atoms with Gasteiger partial charge in [0.25, 0.3) is 5.89 Å². The summed E-state index contributed by atoms with van der Waals surface area (Å²) in [4.78, 5) is 4.22. The minimum atomic E-state index is -0.379. The maximum absolute atomic E-state index is 13.3. The minimum absolute atomic E-state index is 0.238. The highest BCUT2D eigenvalue weighted by atomic mass is 79.9. The Bertz CT molecular complexity index is 782. The monoisotopic (exact) mass is 337 g/mol. The molecule has 0 aliphatic rings. The molecule has 0 atom stereocenters. The molecule has 1 aromatic carbocycles. The molecule has 0 unspecified atom stereocenters. The maximum Gasteiger partial charge on any atom is 0.263 e. The third-order valence-electron chi connectivity index (χ3n) is 2.81. The lowest BCUT2D eigenvalue weighted by atomic mass is 10.2. The molecule has 20 heavy (non-hydrogen) atoms. The van der Waals surface area contributed by atoms with E-state index in [1.165, 1.54) is 23.0 Å². The van der Waals surface area contributed by atoms with Crippen LogP contribution in [0, 0.1) is 5.82 Å².